The van der Waals surface area contributed by atoms with E-state index in [9.17, 15) is 9.59 Å². The second-order valence-corrected chi connectivity index (χ2v) is 8.78. The summed E-state index contributed by atoms with van der Waals surface area (Å²) in [6.45, 7) is 5.10. The Bertz CT molecular complexity index is 915. The summed E-state index contributed by atoms with van der Waals surface area (Å²) >= 11 is 6.51. The molecule has 2 saturated heterocycles. The number of hydrogen-bond acceptors (Lipinski definition) is 4. The first-order valence-corrected chi connectivity index (χ1v) is 11.2. The fraction of sp³-hybridized carbons (Fsp3) is 0.458. The molecule has 1 aromatic heterocycles. The van der Waals surface area contributed by atoms with Crippen LogP contribution in [-0.2, 0) is 0 Å². The standard InChI is InChI=1S/C24H28ClN3O2/c1-17-5-7-18(8-6-17)22(29)19-9-13-27(14-10-19)23-21(25)15-20(16-26-23)24(30)28-11-3-2-4-12-28/h5-8,15-16,19H,2-4,9-14H2,1H3. The number of aryl methyl sites for hydroxylation is 1. The molecular formula is C24H28ClN3O2. The molecule has 0 radical (unpaired) electrons. The Morgan fingerprint density at radius 3 is 2.27 bits per heavy atom. The molecule has 0 saturated carbocycles. The molecule has 30 heavy (non-hydrogen) atoms. The lowest BCUT2D eigenvalue weighted by Crippen LogP contribution is -2.37. The molecule has 6 heteroatoms. The topological polar surface area (TPSA) is 53.5 Å². The maximum Gasteiger partial charge on any atom is 0.255 e. The molecule has 2 fully saturated rings. The van der Waals surface area contributed by atoms with Crippen LogP contribution in [0.15, 0.2) is 36.5 Å². The van der Waals surface area contributed by atoms with E-state index >= 15 is 0 Å². The molecule has 2 aliphatic rings. The fourth-order valence-corrected chi connectivity index (χ4v) is 4.65. The molecule has 0 atom stereocenters. The van der Waals surface area contributed by atoms with Crippen LogP contribution in [0, 0.1) is 12.8 Å². The summed E-state index contributed by atoms with van der Waals surface area (Å²) in [5.74, 6) is 0.963. The second-order valence-electron chi connectivity index (χ2n) is 8.37. The number of Topliss-reactive ketones (excluding diaryl/α,β-unsaturated/α-hetero) is 1. The molecule has 2 aliphatic heterocycles. The molecule has 158 valence electrons. The first-order chi connectivity index (χ1) is 14.5. The van der Waals surface area contributed by atoms with Crippen molar-refractivity contribution in [3.05, 3.63) is 58.2 Å². The first-order valence-electron chi connectivity index (χ1n) is 10.8. The quantitative estimate of drug-likeness (QED) is 0.662. The van der Waals surface area contributed by atoms with Crippen LogP contribution >= 0.6 is 11.6 Å². The van der Waals surface area contributed by atoms with Gasteiger partial charge >= 0.3 is 0 Å². The lowest BCUT2D eigenvalue weighted by Gasteiger charge is -2.33. The van der Waals surface area contributed by atoms with E-state index in [0.717, 1.165) is 63.0 Å². The Kier molecular flexibility index (Phi) is 6.38. The normalized spacial score (nSPS) is 17.8. The van der Waals surface area contributed by atoms with Crippen molar-refractivity contribution in [3.8, 4) is 0 Å². The number of benzene rings is 1. The van der Waals surface area contributed by atoms with Gasteiger partial charge in [0.2, 0.25) is 0 Å². The molecular weight excluding hydrogens is 398 g/mol. The number of pyridine rings is 1. The Morgan fingerprint density at radius 1 is 0.967 bits per heavy atom. The highest BCUT2D eigenvalue weighted by molar-refractivity contribution is 6.33. The summed E-state index contributed by atoms with van der Waals surface area (Å²) in [4.78, 5) is 34.0. The van der Waals surface area contributed by atoms with Crippen molar-refractivity contribution in [2.24, 2.45) is 5.92 Å². The van der Waals surface area contributed by atoms with Gasteiger partial charge in [0, 0.05) is 43.9 Å². The average molecular weight is 426 g/mol. The minimum atomic E-state index is 0.0121. The van der Waals surface area contributed by atoms with Gasteiger partial charge < -0.3 is 9.80 Å². The zero-order valence-electron chi connectivity index (χ0n) is 17.4. The maximum absolute atomic E-state index is 12.8. The summed E-state index contributed by atoms with van der Waals surface area (Å²) in [6, 6.07) is 9.54. The predicted octanol–water partition coefficient (Wildman–Crippen LogP) is 4.77. The van der Waals surface area contributed by atoms with Crippen LogP contribution in [0.3, 0.4) is 0 Å². The van der Waals surface area contributed by atoms with E-state index in [1.807, 2.05) is 36.1 Å². The molecule has 2 aromatic rings. The number of halogens is 1. The second kappa shape index (κ2) is 9.17. The number of ketones is 1. The van der Waals surface area contributed by atoms with Gasteiger partial charge in [0.25, 0.3) is 5.91 Å². The smallest absolute Gasteiger partial charge is 0.255 e. The van der Waals surface area contributed by atoms with Crippen molar-refractivity contribution >= 4 is 29.1 Å². The number of likely N-dealkylation sites (tertiary alicyclic amines) is 1. The number of nitrogens with zero attached hydrogens (tertiary/aromatic N) is 3. The predicted molar refractivity (Wildman–Crippen MR) is 119 cm³/mol. The van der Waals surface area contributed by atoms with Crippen LogP contribution in [0.1, 0.15) is 58.4 Å². The van der Waals surface area contributed by atoms with Gasteiger partial charge in [0.1, 0.15) is 5.82 Å². The van der Waals surface area contributed by atoms with E-state index < -0.39 is 0 Å². The van der Waals surface area contributed by atoms with Crippen LogP contribution in [0.5, 0.6) is 0 Å². The molecule has 0 unspecified atom stereocenters. The zero-order valence-corrected chi connectivity index (χ0v) is 18.2. The Balaban J connectivity index is 1.39. The SMILES string of the molecule is Cc1ccc(C(=O)C2CCN(c3ncc(C(=O)N4CCCCC4)cc3Cl)CC2)cc1. The van der Waals surface area contributed by atoms with Gasteiger partial charge in [-0.15, -0.1) is 0 Å². The molecule has 4 rings (SSSR count). The van der Waals surface area contributed by atoms with Crippen molar-refractivity contribution in [1.82, 2.24) is 9.88 Å². The Morgan fingerprint density at radius 2 is 1.63 bits per heavy atom. The van der Waals surface area contributed by atoms with Crippen molar-refractivity contribution < 1.29 is 9.59 Å². The minimum absolute atomic E-state index is 0.0121. The number of carbonyl (C=O) groups excluding carboxylic acids is 2. The van der Waals surface area contributed by atoms with Gasteiger partial charge in [-0.05, 0) is 45.1 Å². The Labute approximate surface area is 183 Å². The minimum Gasteiger partial charge on any atom is -0.355 e. The summed E-state index contributed by atoms with van der Waals surface area (Å²) in [5.41, 5.74) is 2.50. The van der Waals surface area contributed by atoms with Crippen molar-refractivity contribution in [1.29, 1.82) is 0 Å². The van der Waals surface area contributed by atoms with Crippen LogP contribution in [0.2, 0.25) is 5.02 Å². The van der Waals surface area contributed by atoms with Gasteiger partial charge in [-0.1, -0.05) is 41.4 Å². The number of rotatable bonds is 4. The van der Waals surface area contributed by atoms with Gasteiger partial charge in [0.05, 0.1) is 10.6 Å². The molecule has 3 heterocycles. The number of piperidine rings is 2. The highest BCUT2D eigenvalue weighted by Crippen LogP contribution is 2.30. The van der Waals surface area contributed by atoms with E-state index in [1.54, 1.807) is 12.3 Å². The maximum atomic E-state index is 12.8. The lowest BCUT2D eigenvalue weighted by molar-refractivity contribution is 0.0723. The number of aromatic nitrogens is 1. The van der Waals surface area contributed by atoms with E-state index in [2.05, 4.69) is 9.88 Å². The van der Waals surface area contributed by atoms with E-state index in [4.69, 9.17) is 11.6 Å². The summed E-state index contributed by atoms with van der Waals surface area (Å²) < 4.78 is 0. The molecule has 0 bridgehead atoms. The lowest BCUT2D eigenvalue weighted by atomic mass is 9.88. The molecule has 0 aliphatic carbocycles. The highest BCUT2D eigenvalue weighted by Gasteiger charge is 2.28. The van der Waals surface area contributed by atoms with E-state index in [0.29, 0.717) is 16.4 Å². The number of carbonyl (C=O) groups is 2. The third-order valence-electron chi connectivity index (χ3n) is 6.21. The van der Waals surface area contributed by atoms with Crippen molar-refractivity contribution in [2.75, 3.05) is 31.1 Å². The van der Waals surface area contributed by atoms with Crippen molar-refractivity contribution in [2.45, 2.75) is 39.0 Å². The van der Waals surface area contributed by atoms with Gasteiger partial charge in [-0.2, -0.15) is 0 Å². The van der Waals surface area contributed by atoms with Crippen molar-refractivity contribution in [3.63, 3.8) is 0 Å². The third kappa shape index (κ3) is 4.51. The zero-order chi connectivity index (χ0) is 21.1. The molecule has 1 aromatic carbocycles. The molecule has 1 amide bonds. The largest absolute Gasteiger partial charge is 0.355 e. The molecule has 5 nitrogen and oxygen atoms in total. The summed E-state index contributed by atoms with van der Waals surface area (Å²) in [5, 5.41) is 0.501. The van der Waals surface area contributed by atoms with Gasteiger partial charge in [-0.3, -0.25) is 9.59 Å². The monoisotopic (exact) mass is 425 g/mol. The van der Waals surface area contributed by atoms with Gasteiger partial charge in [0.15, 0.2) is 5.78 Å². The number of hydrogen-bond donors (Lipinski definition) is 0. The fourth-order valence-electron chi connectivity index (χ4n) is 4.37. The summed E-state index contributed by atoms with van der Waals surface area (Å²) in [6.07, 6.45) is 6.49. The highest BCUT2D eigenvalue weighted by atomic mass is 35.5. The molecule has 0 spiro atoms. The number of anilines is 1. The van der Waals surface area contributed by atoms with Crippen LogP contribution in [0.25, 0.3) is 0 Å². The average Bonchev–Trinajstić information content (AvgIpc) is 2.79. The van der Waals surface area contributed by atoms with Crippen LogP contribution < -0.4 is 4.90 Å². The Hall–Kier alpha value is -2.40. The molecule has 0 N–H and O–H groups in total. The van der Waals surface area contributed by atoms with Crippen LogP contribution in [0.4, 0.5) is 5.82 Å². The number of amides is 1. The first kappa shape index (κ1) is 20.9. The van der Waals surface area contributed by atoms with E-state index in [1.165, 1.54) is 6.42 Å². The third-order valence-corrected chi connectivity index (χ3v) is 6.49. The van der Waals surface area contributed by atoms with Crippen LogP contribution in [-0.4, -0.2) is 47.8 Å². The summed E-state index contributed by atoms with van der Waals surface area (Å²) in [7, 11) is 0. The van der Waals surface area contributed by atoms with E-state index in [-0.39, 0.29) is 17.6 Å². The van der Waals surface area contributed by atoms with Gasteiger partial charge in [-0.25, -0.2) is 4.98 Å².